The van der Waals surface area contributed by atoms with Crippen LogP contribution >= 0.6 is 11.3 Å². The van der Waals surface area contributed by atoms with Crippen molar-refractivity contribution in [2.75, 3.05) is 0 Å². The van der Waals surface area contributed by atoms with Gasteiger partial charge in [-0.1, -0.05) is 6.07 Å². The number of benzene rings is 1. The van der Waals surface area contributed by atoms with E-state index in [1.807, 2.05) is 0 Å². The van der Waals surface area contributed by atoms with E-state index in [0.717, 1.165) is 23.5 Å². The second-order valence-corrected chi connectivity index (χ2v) is 4.56. The van der Waals surface area contributed by atoms with E-state index < -0.39 is 11.6 Å². The molecule has 96 valence electrons. The molecule has 0 atom stereocenters. The molecule has 0 saturated heterocycles. The van der Waals surface area contributed by atoms with E-state index in [1.54, 1.807) is 6.07 Å². The van der Waals surface area contributed by atoms with Crippen LogP contribution in [0.15, 0.2) is 29.3 Å². The second kappa shape index (κ2) is 5.16. The molecule has 1 aromatic carbocycles. The van der Waals surface area contributed by atoms with Crippen molar-refractivity contribution in [3.63, 3.8) is 0 Å². The van der Waals surface area contributed by atoms with Crippen LogP contribution in [0.3, 0.4) is 0 Å². The number of hydrogen-bond acceptors (Lipinski definition) is 4. The molecule has 0 amide bonds. The first kappa shape index (κ1) is 13.2. The summed E-state index contributed by atoms with van der Waals surface area (Å²) in [4.78, 5) is 3.99. The highest BCUT2D eigenvalue weighted by Crippen LogP contribution is 2.30. The van der Waals surface area contributed by atoms with Crippen LogP contribution in [0, 0.1) is 23.0 Å². The third-order valence-corrected chi connectivity index (χ3v) is 3.27. The zero-order valence-electron chi connectivity index (χ0n) is 9.82. The van der Waals surface area contributed by atoms with Crippen molar-refractivity contribution in [1.82, 2.24) is 4.98 Å². The van der Waals surface area contributed by atoms with E-state index in [-0.39, 0.29) is 27.6 Å². The fourth-order valence-corrected chi connectivity index (χ4v) is 2.39. The largest absolute Gasteiger partial charge is 0.511 e. The summed E-state index contributed by atoms with van der Waals surface area (Å²) in [5.41, 5.74) is -0.143. The highest BCUT2D eigenvalue weighted by atomic mass is 32.1. The van der Waals surface area contributed by atoms with Gasteiger partial charge in [-0.3, -0.25) is 0 Å². The Morgan fingerprint density at radius 1 is 1.37 bits per heavy atom. The zero-order valence-corrected chi connectivity index (χ0v) is 10.6. The van der Waals surface area contributed by atoms with Gasteiger partial charge in [-0.15, -0.1) is 11.3 Å². The molecule has 0 aliphatic heterocycles. The Labute approximate surface area is 112 Å². The molecule has 0 saturated carbocycles. The highest BCUT2D eigenvalue weighted by Gasteiger charge is 2.16. The van der Waals surface area contributed by atoms with Gasteiger partial charge in [-0.2, -0.15) is 5.26 Å². The van der Waals surface area contributed by atoms with Gasteiger partial charge in [-0.05, 0) is 19.1 Å². The number of aliphatic hydroxyl groups is 1. The van der Waals surface area contributed by atoms with Gasteiger partial charge in [0, 0.05) is 5.38 Å². The van der Waals surface area contributed by atoms with Crippen LogP contribution in [0.1, 0.15) is 11.9 Å². The molecule has 0 aliphatic carbocycles. The maximum Gasteiger partial charge on any atom is 0.138 e. The van der Waals surface area contributed by atoms with Crippen molar-refractivity contribution < 1.29 is 13.9 Å². The standard InChI is InChI=1S/C13H8F2N2OS/c1-7(18)8(5-16)13-17-11(6-19-13)12-9(14)3-2-4-10(12)15/h2-4,6,18H,1H3/b8-7+. The summed E-state index contributed by atoms with van der Waals surface area (Å²) in [6.07, 6.45) is 0. The van der Waals surface area contributed by atoms with Crippen molar-refractivity contribution in [1.29, 1.82) is 5.26 Å². The minimum absolute atomic E-state index is 0.00648. The molecule has 0 unspecified atom stereocenters. The average molecular weight is 278 g/mol. The normalized spacial score (nSPS) is 11.9. The number of halogens is 2. The number of thiazole rings is 1. The van der Waals surface area contributed by atoms with Gasteiger partial charge in [0.1, 0.15) is 34.0 Å². The van der Waals surface area contributed by atoms with E-state index in [2.05, 4.69) is 4.98 Å². The second-order valence-electron chi connectivity index (χ2n) is 3.71. The summed E-state index contributed by atoms with van der Waals surface area (Å²) in [7, 11) is 0. The molecule has 1 aromatic heterocycles. The molecule has 0 aliphatic rings. The molecule has 0 bridgehead atoms. The van der Waals surface area contributed by atoms with Crippen molar-refractivity contribution >= 4 is 16.9 Å². The molecular weight excluding hydrogens is 270 g/mol. The lowest BCUT2D eigenvalue weighted by atomic mass is 10.1. The van der Waals surface area contributed by atoms with Crippen LogP contribution in [0.25, 0.3) is 16.8 Å². The van der Waals surface area contributed by atoms with E-state index in [4.69, 9.17) is 5.26 Å². The summed E-state index contributed by atoms with van der Waals surface area (Å²) in [6, 6.07) is 5.34. The minimum atomic E-state index is -0.722. The van der Waals surface area contributed by atoms with E-state index in [9.17, 15) is 13.9 Å². The summed E-state index contributed by atoms with van der Waals surface area (Å²) in [5.74, 6) is -1.63. The van der Waals surface area contributed by atoms with Crippen LogP contribution in [-0.2, 0) is 0 Å². The first-order chi connectivity index (χ1) is 9.04. The van der Waals surface area contributed by atoms with Crippen molar-refractivity contribution in [3.05, 3.63) is 46.0 Å². The Morgan fingerprint density at radius 2 is 2.00 bits per heavy atom. The van der Waals surface area contributed by atoms with Gasteiger partial charge < -0.3 is 5.11 Å². The first-order valence-corrected chi connectivity index (χ1v) is 6.12. The number of allylic oxidation sites excluding steroid dienone is 2. The Kier molecular flexibility index (Phi) is 3.58. The quantitative estimate of drug-likeness (QED) is 0.669. The topological polar surface area (TPSA) is 56.9 Å². The molecule has 19 heavy (non-hydrogen) atoms. The van der Waals surface area contributed by atoms with Crippen LogP contribution in [0.4, 0.5) is 8.78 Å². The summed E-state index contributed by atoms with van der Waals surface area (Å²) < 4.78 is 27.2. The fourth-order valence-electron chi connectivity index (χ4n) is 1.53. The average Bonchev–Trinajstić information content (AvgIpc) is 2.78. The highest BCUT2D eigenvalue weighted by molar-refractivity contribution is 7.11. The Hall–Kier alpha value is -2.26. The number of aromatic nitrogens is 1. The summed E-state index contributed by atoms with van der Waals surface area (Å²) in [6.45, 7) is 1.35. The monoisotopic (exact) mass is 278 g/mol. The molecule has 6 heteroatoms. The van der Waals surface area contributed by atoms with Crippen LogP contribution in [0.5, 0.6) is 0 Å². The Balaban J connectivity index is 2.54. The molecule has 0 fully saturated rings. The first-order valence-electron chi connectivity index (χ1n) is 5.24. The van der Waals surface area contributed by atoms with Crippen molar-refractivity contribution in [2.24, 2.45) is 0 Å². The Bertz CT molecular complexity index is 677. The predicted molar refractivity (Wildman–Crippen MR) is 68.3 cm³/mol. The number of rotatable bonds is 2. The van der Waals surface area contributed by atoms with Gasteiger partial charge in [0.05, 0.1) is 11.3 Å². The minimum Gasteiger partial charge on any atom is -0.511 e. The third kappa shape index (κ3) is 2.46. The lowest BCUT2D eigenvalue weighted by molar-refractivity contribution is 0.418. The predicted octanol–water partition coefficient (Wildman–Crippen LogP) is 3.90. The molecule has 1 N–H and O–H groups in total. The van der Waals surface area contributed by atoms with Crippen LogP contribution in [-0.4, -0.2) is 10.1 Å². The van der Waals surface area contributed by atoms with Gasteiger partial charge in [0.15, 0.2) is 0 Å². The van der Waals surface area contributed by atoms with Crippen molar-refractivity contribution in [2.45, 2.75) is 6.92 Å². The molecular formula is C13H8F2N2OS. The maximum absolute atomic E-state index is 13.6. The Morgan fingerprint density at radius 3 is 2.53 bits per heavy atom. The summed E-state index contributed by atoms with van der Waals surface area (Å²) in [5, 5.41) is 19.9. The lowest BCUT2D eigenvalue weighted by Crippen LogP contribution is -1.91. The number of nitriles is 1. The SMILES string of the molecule is C/C(O)=C(/C#N)c1nc(-c2c(F)cccc2F)cs1. The van der Waals surface area contributed by atoms with E-state index in [0.29, 0.717) is 0 Å². The molecule has 3 nitrogen and oxygen atoms in total. The zero-order chi connectivity index (χ0) is 14.0. The number of aliphatic hydroxyl groups excluding tert-OH is 1. The molecule has 0 radical (unpaired) electrons. The van der Waals surface area contributed by atoms with E-state index >= 15 is 0 Å². The van der Waals surface area contributed by atoms with Gasteiger partial charge >= 0.3 is 0 Å². The fraction of sp³-hybridized carbons (Fsp3) is 0.0769. The van der Waals surface area contributed by atoms with E-state index in [1.165, 1.54) is 18.4 Å². The van der Waals surface area contributed by atoms with Crippen molar-refractivity contribution in [3.8, 4) is 17.3 Å². The van der Waals surface area contributed by atoms with Crippen LogP contribution < -0.4 is 0 Å². The van der Waals surface area contributed by atoms with Gasteiger partial charge in [0.25, 0.3) is 0 Å². The maximum atomic E-state index is 13.6. The molecule has 1 heterocycles. The lowest BCUT2D eigenvalue weighted by Gasteiger charge is -2.00. The molecule has 2 rings (SSSR count). The summed E-state index contributed by atoms with van der Waals surface area (Å²) >= 11 is 1.04. The number of hydrogen-bond donors (Lipinski definition) is 1. The smallest absolute Gasteiger partial charge is 0.138 e. The number of nitrogens with zero attached hydrogens (tertiary/aromatic N) is 2. The van der Waals surface area contributed by atoms with Crippen LogP contribution in [0.2, 0.25) is 0 Å². The molecule has 0 spiro atoms. The van der Waals surface area contributed by atoms with Gasteiger partial charge in [-0.25, -0.2) is 13.8 Å². The molecule has 2 aromatic rings. The third-order valence-electron chi connectivity index (χ3n) is 2.41. The van der Waals surface area contributed by atoms with Gasteiger partial charge in [0.2, 0.25) is 0 Å².